The predicted molar refractivity (Wildman–Crippen MR) is 71.3 cm³/mol. The molecule has 3 heteroatoms. The van der Waals surface area contributed by atoms with Crippen molar-refractivity contribution in [1.82, 2.24) is 0 Å². The van der Waals surface area contributed by atoms with Crippen LogP contribution in [0.4, 0.5) is 5.69 Å². The van der Waals surface area contributed by atoms with Crippen molar-refractivity contribution < 1.29 is 4.74 Å². The van der Waals surface area contributed by atoms with Gasteiger partial charge in [-0.15, -0.1) is 0 Å². The molecule has 0 radical (unpaired) electrons. The molecule has 0 aromatic heterocycles. The fourth-order valence-corrected chi connectivity index (χ4v) is 2.35. The predicted octanol–water partition coefficient (Wildman–Crippen LogP) is 2.32. The molecule has 0 amide bonds. The van der Waals surface area contributed by atoms with Crippen LogP contribution in [0.1, 0.15) is 31.9 Å². The molecule has 1 heterocycles. The van der Waals surface area contributed by atoms with Crippen molar-refractivity contribution in [2.45, 2.75) is 32.4 Å². The number of nitrogens with zero attached hydrogens (tertiary/aromatic N) is 1. The minimum absolute atomic E-state index is 0.0779. The van der Waals surface area contributed by atoms with E-state index in [4.69, 9.17) is 10.5 Å². The van der Waals surface area contributed by atoms with Gasteiger partial charge >= 0.3 is 0 Å². The summed E-state index contributed by atoms with van der Waals surface area (Å²) in [6.07, 6.45) is 1.42. The molecule has 0 aliphatic carbocycles. The number of nitrogens with two attached hydrogens (primary N) is 1. The summed E-state index contributed by atoms with van der Waals surface area (Å²) in [5.74, 6) is 0. The Morgan fingerprint density at radius 1 is 1.47 bits per heavy atom. The van der Waals surface area contributed by atoms with E-state index in [1.165, 1.54) is 11.3 Å². The van der Waals surface area contributed by atoms with Crippen LogP contribution in [-0.4, -0.2) is 25.8 Å². The van der Waals surface area contributed by atoms with E-state index in [1.807, 2.05) is 6.92 Å². The topological polar surface area (TPSA) is 38.5 Å². The first-order valence-electron chi connectivity index (χ1n) is 6.43. The number of anilines is 1. The zero-order chi connectivity index (χ0) is 12.3. The minimum Gasteiger partial charge on any atom is -0.375 e. The van der Waals surface area contributed by atoms with Crippen molar-refractivity contribution in [1.29, 1.82) is 0 Å². The average Bonchev–Trinajstić information content (AvgIpc) is 2.39. The van der Waals surface area contributed by atoms with Gasteiger partial charge in [0, 0.05) is 24.8 Å². The third-order valence-electron chi connectivity index (χ3n) is 3.36. The fourth-order valence-electron chi connectivity index (χ4n) is 2.35. The van der Waals surface area contributed by atoms with Gasteiger partial charge in [0.2, 0.25) is 0 Å². The minimum atomic E-state index is 0.0779. The van der Waals surface area contributed by atoms with Crippen LogP contribution in [0.2, 0.25) is 0 Å². The summed E-state index contributed by atoms with van der Waals surface area (Å²) in [5.41, 5.74) is 8.52. The summed E-state index contributed by atoms with van der Waals surface area (Å²) in [7, 11) is 0. The molecule has 2 atom stereocenters. The van der Waals surface area contributed by atoms with E-state index in [9.17, 15) is 0 Å². The molecule has 3 nitrogen and oxygen atoms in total. The van der Waals surface area contributed by atoms with Crippen LogP contribution in [0.15, 0.2) is 24.3 Å². The van der Waals surface area contributed by atoms with Crippen molar-refractivity contribution in [2.24, 2.45) is 5.73 Å². The first-order chi connectivity index (χ1) is 8.22. The molecular weight excluding hydrogens is 212 g/mol. The molecule has 1 aromatic rings. The van der Waals surface area contributed by atoms with Crippen LogP contribution in [-0.2, 0) is 4.74 Å². The van der Waals surface area contributed by atoms with E-state index in [0.29, 0.717) is 6.10 Å². The highest BCUT2D eigenvalue weighted by atomic mass is 16.5. The van der Waals surface area contributed by atoms with Gasteiger partial charge < -0.3 is 15.4 Å². The standard InChI is InChI=1S/C14H22N2O/c1-3-12-10-16(8-9-17-12)14-7-5-4-6-13(14)11(2)15/h4-7,11-12H,3,8-10,15H2,1-2H3/t11-,12?/m0/s1. The number of hydrogen-bond acceptors (Lipinski definition) is 3. The Kier molecular flexibility index (Phi) is 4.02. The van der Waals surface area contributed by atoms with Gasteiger partial charge in [-0.25, -0.2) is 0 Å². The largest absolute Gasteiger partial charge is 0.375 e. The van der Waals surface area contributed by atoms with Crippen LogP contribution in [0.5, 0.6) is 0 Å². The van der Waals surface area contributed by atoms with Gasteiger partial charge in [-0.05, 0) is 25.0 Å². The molecule has 1 aliphatic rings. The van der Waals surface area contributed by atoms with Gasteiger partial charge in [0.05, 0.1) is 12.7 Å². The highest BCUT2D eigenvalue weighted by molar-refractivity contribution is 5.55. The molecule has 1 saturated heterocycles. The summed E-state index contributed by atoms with van der Waals surface area (Å²) in [6.45, 7) is 6.95. The second-order valence-electron chi connectivity index (χ2n) is 4.69. The van der Waals surface area contributed by atoms with Crippen molar-refractivity contribution in [3.8, 4) is 0 Å². The molecule has 1 aromatic carbocycles. The first-order valence-corrected chi connectivity index (χ1v) is 6.43. The zero-order valence-corrected chi connectivity index (χ0v) is 10.7. The molecular formula is C14H22N2O. The molecule has 2 N–H and O–H groups in total. The summed E-state index contributed by atoms with van der Waals surface area (Å²) in [6, 6.07) is 8.50. The normalized spacial score (nSPS) is 22.5. The van der Waals surface area contributed by atoms with Crippen LogP contribution in [0.25, 0.3) is 0 Å². The SMILES string of the molecule is CCC1CN(c2ccccc2[C@H](C)N)CCO1. The Hall–Kier alpha value is -1.06. The molecule has 2 rings (SSSR count). The van der Waals surface area contributed by atoms with E-state index >= 15 is 0 Å². The molecule has 1 aliphatic heterocycles. The second kappa shape index (κ2) is 5.52. The van der Waals surface area contributed by atoms with Crippen LogP contribution < -0.4 is 10.6 Å². The summed E-state index contributed by atoms with van der Waals surface area (Å²) >= 11 is 0. The number of ether oxygens (including phenoxy) is 1. The maximum atomic E-state index is 6.03. The lowest BCUT2D eigenvalue weighted by Crippen LogP contribution is -2.42. The number of benzene rings is 1. The fraction of sp³-hybridized carbons (Fsp3) is 0.571. The molecule has 17 heavy (non-hydrogen) atoms. The van der Waals surface area contributed by atoms with Gasteiger partial charge in [0.1, 0.15) is 0 Å². The van der Waals surface area contributed by atoms with Crippen molar-refractivity contribution >= 4 is 5.69 Å². The van der Waals surface area contributed by atoms with E-state index in [1.54, 1.807) is 0 Å². The lowest BCUT2D eigenvalue weighted by atomic mass is 10.0. The van der Waals surface area contributed by atoms with Crippen LogP contribution >= 0.6 is 0 Å². The van der Waals surface area contributed by atoms with Gasteiger partial charge in [-0.3, -0.25) is 0 Å². The Balaban J connectivity index is 2.21. The molecule has 0 bridgehead atoms. The summed E-state index contributed by atoms with van der Waals surface area (Å²) < 4.78 is 5.71. The Labute approximate surface area is 104 Å². The van der Waals surface area contributed by atoms with E-state index in [0.717, 1.165) is 26.1 Å². The third-order valence-corrected chi connectivity index (χ3v) is 3.36. The number of rotatable bonds is 3. The molecule has 1 unspecified atom stereocenters. The molecule has 0 saturated carbocycles. The average molecular weight is 234 g/mol. The van der Waals surface area contributed by atoms with Crippen LogP contribution in [0.3, 0.4) is 0 Å². The molecule has 0 spiro atoms. The zero-order valence-electron chi connectivity index (χ0n) is 10.7. The van der Waals surface area contributed by atoms with Gasteiger partial charge in [0.25, 0.3) is 0 Å². The highest BCUT2D eigenvalue weighted by Crippen LogP contribution is 2.26. The summed E-state index contributed by atoms with van der Waals surface area (Å²) in [5, 5.41) is 0. The third kappa shape index (κ3) is 2.79. The van der Waals surface area contributed by atoms with Crippen LogP contribution in [0, 0.1) is 0 Å². The Morgan fingerprint density at radius 2 is 2.24 bits per heavy atom. The lowest BCUT2D eigenvalue weighted by Gasteiger charge is -2.35. The van der Waals surface area contributed by atoms with E-state index < -0.39 is 0 Å². The number of para-hydroxylation sites is 1. The van der Waals surface area contributed by atoms with Gasteiger partial charge in [-0.1, -0.05) is 25.1 Å². The summed E-state index contributed by atoms with van der Waals surface area (Å²) in [4.78, 5) is 2.40. The monoisotopic (exact) mass is 234 g/mol. The highest BCUT2D eigenvalue weighted by Gasteiger charge is 2.21. The Bertz CT molecular complexity index is 365. The molecule has 94 valence electrons. The van der Waals surface area contributed by atoms with E-state index in [2.05, 4.69) is 36.1 Å². The van der Waals surface area contributed by atoms with Crippen molar-refractivity contribution in [3.05, 3.63) is 29.8 Å². The smallest absolute Gasteiger partial charge is 0.0748 e. The Morgan fingerprint density at radius 3 is 2.94 bits per heavy atom. The first kappa shape index (κ1) is 12.4. The van der Waals surface area contributed by atoms with Crippen molar-refractivity contribution in [3.63, 3.8) is 0 Å². The molecule has 1 fully saturated rings. The number of morpholine rings is 1. The van der Waals surface area contributed by atoms with Crippen molar-refractivity contribution in [2.75, 3.05) is 24.6 Å². The maximum absolute atomic E-state index is 6.03. The van der Waals surface area contributed by atoms with Gasteiger partial charge in [-0.2, -0.15) is 0 Å². The number of hydrogen-bond donors (Lipinski definition) is 1. The quantitative estimate of drug-likeness (QED) is 0.872. The lowest BCUT2D eigenvalue weighted by molar-refractivity contribution is 0.0383. The van der Waals surface area contributed by atoms with Gasteiger partial charge in [0.15, 0.2) is 0 Å². The van der Waals surface area contributed by atoms with E-state index in [-0.39, 0.29) is 6.04 Å². The second-order valence-corrected chi connectivity index (χ2v) is 4.69. The maximum Gasteiger partial charge on any atom is 0.0748 e.